The van der Waals surface area contributed by atoms with Crippen molar-refractivity contribution >= 4 is 23.6 Å². The summed E-state index contributed by atoms with van der Waals surface area (Å²) in [7, 11) is 1.27. The Kier molecular flexibility index (Phi) is 8.09. The number of rotatable bonds is 5. The van der Waals surface area contributed by atoms with Gasteiger partial charge < -0.3 is 19.9 Å². The van der Waals surface area contributed by atoms with Crippen molar-refractivity contribution in [2.45, 2.75) is 59.4 Å². The Morgan fingerprint density at radius 2 is 1.69 bits per heavy atom. The van der Waals surface area contributed by atoms with Crippen LogP contribution in [0.5, 0.6) is 0 Å². The standard InChI is InChI=1S/C26H35N5O4/c1-15(2)19-8-10-20(11-9-19)29-26(34)31-13-12-30(14-17(31)5)24(32)23-21(25(33)35-7)22(16(3)4)27-18(6)28-23/h8-11,15-17H,12-14H2,1-7H3,(H,29,34). The second kappa shape index (κ2) is 10.8. The van der Waals surface area contributed by atoms with Crippen LogP contribution < -0.4 is 5.32 Å². The minimum Gasteiger partial charge on any atom is -0.465 e. The van der Waals surface area contributed by atoms with E-state index in [1.807, 2.05) is 45.0 Å². The summed E-state index contributed by atoms with van der Waals surface area (Å²) in [6.45, 7) is 12.6. The fourth-order valence-corrected chi connectivity index (χ4v) is 4.21. The van der Waals surface area contributed by atoms with Crippen molar-refractivity contribution in [3.05, 3.63) is 52.6 Å². The summed E-state index contributed by atoms with van der Waals surface area (Å²) in [6, 6.07) is 7.38. The zero-order valence-electron chi connectivity index (χ0n) is 21.6. The van der Waals surface area contributed by atoms with E-state index in [2.05, 4.69) is 29.1 Å². The molecule has 9 heteroatoms. The van der Waals surface area contributed by atoms with Crippen molar-refractivity contribution in [1.29, 1.82) is 0 Å². The van der Waals surface area contributed by atoms with E-state index in [0.717, 1.165) is 5.69 Å². The normalized spacial score (nSPS) is 16.0. The van der Waals surface area contributed by atoms with Gasteiger partial charge in [-0.3, -0.25) is 4.79 Å². The number of benzene rings is 1. The van der Waals surface area contributed by atoms with E-state index in [0.29, 0.717) is 37.1 Å². The van der Waals surface area contributed by atoms with Gasteiger partial charge in [-0.15, -0.1) is 0 Å². The molecule has 1 aromatic heterocycles. The van der Waals surface area contributed by atoms with Crippen molar-refractivity contribution in [3.63, 3.8) is 0 Å². The van der Waals surface area contributed by atoms with Crippen LogP contribution in [0.15, 0.2) is 24.3 Å². The van der Waals surface area contributed by atoms with E-state index in [1.54, 1.807) is 16.7 Å². The summed E-state index contributed by atoms with van der Waals surface area (Å²) >= 11 is 0. The van der Waals surface area contributed by atoms with E-state index in [-0.39, 0.29) is 35.2 Å². The minimum atomic E-state index is -0.633. The largest absolute Gasteiger partial charge is 0.465 e. The molecule has 188 valence electrons. The lowest BCUT2D eigenvalue weighted by Crippen LogP contribution is -2.56. The highest BCUT2D eigenvalue weighted by atomic mass is 16.5. The van der Waals surface area contributed by atoms with Gasteiger partial charge in [0.1, 0.15) is 17.1 Å². The fraction of sp³-hybridized carbons (Fsp3) is 0.500. The lowest BCUT2D eigenvalue weighted by atomic mass is 10.0. The zero-order chi connectivity index (χ0) is 25.9. The van der Waals surface area contributed by atoms with Crippen molar-refractivity contribution in [1.82, 2.24) is 19.8 Å². The van der Waals surface area contributed by atoms with E-state index in [4.69, 9.17) is 4.74 Å². The zero-order valence-corrected chi connectivity index (χ0v) is 21.6. The predicted molar refractivity (Wildman–Crippen MR) is 134 cm³/mol. The van der Waals surface area contributed by atoms with E-state index >= 15 is 0 Å². The lowest BCUT2D eigenvalue weighted by Gasteiger charge is -2.39. The molecule has 1 saturated heterocycles. The van der Waals surface area contributed by atoms with Crippen molar-refractivity contribution in [2.24, 2.45) is 0 Å². The molecule has 0 aliphatic carbocycles. The van der Waals surface area contributed by atoms with Crippen molar-refractivity contribution in [2.75, 3.05) is 32.1 Å². The molecular formula is C26H35N5O4. The molecule has 1 N–H and O–H groups in total. The van der Waals surface area contributed by atoms with Gasteiger partial charge in [0, 0.05) is 31.4 Å². The Bertz CT molecular complexity index is 1100. The summed E-state index contributed by atoms with van der Waals surface area (Å²) in [5, 5.41) is 2.94. The number of aryl methyl sites for hydroxylation is 1. The predicted octanol–water partition coefficient (Wildman–Crippen LogP) is 4.20. The third-order valence-electron chi connectivity index (χ3n) is 6.19. The number of carbonyl (C=O) groups is 3. The second-order valence-corrected chi connectivity index (χ2v) is 9.53. The SMILES string of the molecule is COC(=O)c1c(C(=O)N2CCN(C(=O)Nc3ccc(C(C)C)cc3)C(C)C2)nc(C)nc1C(C)C. The number of nitrogens with zero attached hydrogens (tertiary/aromatic N) is 4. The summed E-state index contributed by atoms with van der Waals surface area (Å²) in [5.41, 5.74) is 2.57. The minimum absolute atomic E-state index is 0.0448. The Hall–Kier alpha value is -3.49. The van der Waals surface area contributed by atoms with Gasteiger partial charge in [-0.2, -0.15) is 0 Å². The first-order valence-corrected chi connectivity index (χ1v) is 12.0. The molecule has 0 saturated carbocycles. The number of aromatic nitrogens is 2. The number of carbonyl (C=O) groups excluding carboxylic acids is 3. The number of piperazine rings is 1. The van der Waals surface area contributed by atoms with Crippen LogP contribution in [0.4, 0.5) is 10.5 Å². The van der Waals surface area contributed by atoms with Crippen LogP contribution >= 0.6 is 0 Å². The molecular weight excluding hydrogens is 446 g/mol. The molecule has 1 unspecified atom stereocenters. The number of hydrogen-bond donors (Lipinski definition) is 1. The first-order chi connectivity index (χ1) is 16.5. The topological polar surface area (TPSA) is 105 Å². The van der Waals surface area contributed by atoms with Gasteiger partial charge in [-0.05, 0) is 43.4 Å². The molecule has 1 aromatic carbocycles. The van der Waals surface area contributed by atoms with Gasteiger partial charge in [-0.25, -0.2) is 19.6 Å². The molecule has 3 rings (SSSR count). The summed E-state index contributed by atoms with van der Waals surface area (Å²) in [4.78, 5) is 51.0. The molecule has 9 nitrogen and oxygen atoms in total. The van der Waals surface area contributed by atoms with Gasteiger partial charge >= 0.3 is 12.0 Å². The quantitative estimate of drug-likeness (QED) is 0.642. The Morgan fingerprint density at radius 1 is 1.03 bits per heavy atom. The average molecular weight is 482 g/mol. The molecule has 0 radical (unpaired) electrons. The lowest BCUT2D eigenvalue weighted by molar-refractivity contribution is 0.0550. The van der Waals surface area contributed by atoms with Crippen LogP contribution in [0.2, 0.25) is 0 Å². The molecule has 3 amide bonds. The number of hydrogen-bond acceptors (Lipinski definition) is 6. The molecule has 2 heterocycles. The smallest absolute Gasteiger partial charge is 0.342 e. The second-order valence-electron chi connectivity index (χ2n) is 9.53. The highest BCUT2D eigenvalue weighted by Crippen LogP contribution is 2.24. The van der Waals surface area contributed by atoms with Crippen LogP contribution in [0.3, 0.4) is 0 Å². The maximum atomic E-state index is 13.5. The number of anilines is 1. The van der Waals surface area contributed by atoms with Crippen LogP contribution in [0.25, 0.3) is 0 Å². The van der Waals surface area contributed by atoms with E-state index < -0.39 is 5.97 Å². The number of methoxy groups -OCH3 is 1. The molecule has 0 bridgehead atoms. The summed E-state index contributed by atoms with van der Waals surface area (Å²) in [5.74, 6) is -0.258. The van der Waals surface area contributed by atoms with Gasteiger partial charge in [0.2, 0.25) is 0 Å². The third-order valence-corrected chi connectivity index (χ3v) is 6.19. The number of ether oxygens (including phenoxy) is 1. The first kappa shape index (κ1) is 26.1. The highest BCUT2D eigenvalue weighted by Gasteiger charge is 2.34. The first-order valence-electron chi connectivity index (χ1n) is 12.0. The molecule has 1 fully saturated rings. The van der Waals surface area contributed by atoms with Gasteiger partial charge in [-0.1, -0.05) is 39.8 Å². The fourth-order valence-electron chi connectivity index (χ4n) is 4.21. The number of esters is 1. The Balaban J connectivity index is 1.75. The van der Waals surface area contributed by atoms with Crippen LogP contribution in [0, 0.1) is 6.92 Å². The molecule has 35 heavy (non-hydrogen) atoms. The monoisotopic (exact) mass is 481 g/mol. The summed E-state index contributed by atoms with van der Waals surface area (Å²) in [6.07, 6.45) is 0. The molecule has 2 aromatic rings. The van der Waals surface area contributed by atoms with Gasteiger partial charge in [0.25, 0.3) is 5.91 Å². The van der Waals surface area contributed by atoms with Crippen molar-refractivity contribution < 1.29 is 19.1 Å². The molecule has 1 aliphatic heterocycles. The molecule has 1 atom stereocenters. The van der Waals surface area contributed by atoms with Gasteiger partial charge in [0.15, 0.2) is 0 Å². The van der Waals surface area contributed by atoms with E-state index in [1.165, 1.54) is 12.7 Å². The maximum Gasteiger partial charge on any atom is 0.342 e. The Labute approximate surface area is 206 Å². The number of urea groups is 1. The van der Waals surface area contributed by atoms with E-state index in [9.17, 15) is 14.4 Å². The van der Waals surface area contributed by atoms with Gasteiger partial charge in [0.05, 0.1) is 12.8 Å². The summed E-state index contributed by atoms with van der Waals surface area (Å²) < 4.78 is 4.94. The highest BCUT2D eigenvalue weighted by molar-refractivity contribution is 6.04. The van der Waals surface area contributed by atoms with Crippen LogP contribution in [-0.2, 0) is 4.74 Å². The Morgan fingerprint density at radius 3 is 2.23 bits per heavy atom. The molecule has 0 spiro atoms. The van der Waals surface area contributed by atoms with Crippen molar-refractivity contribution in [3.8, 4) is 0 Å². The average Bonchev–Trinajstić information content (AvgIpc) is 2.82. The molecule has 1 aliphatic rings. The number of nitrogens with one attached hydrogen (secondary N) is 1. The van der Waals surface area contributed by atoms with Crippen LogP contribution in [-0.4, -0.2) is 70.5 Å². The maximum absolute atomic E-state index is 13.5. The number of amides is 3. The third kappa shape index (κ3) is 5.78. The van der Waals surface area contributed by atoms with Crippen LogP contribution in [0.1, 0.15) is 84.4 Å².